The van der Waals surface area contributed by atoms with Crippen LogP contribution >= 0.6 is 0 Å². The van der Waals surface area contributed by atoms with Gasteiger partial charge >= 0.3 is 101 Å². The van der Waals surface area contributed by atoms with Crippen molar-refractivity contribution in [3.05, 3.63) is 35.9 Å². The average Bonchev–Trinajstić information content (AvgIpc) is 2.30. The third-order valence-corrected chi connectivity index (χ3v) is 4.81. The van der Waals surface area contributed by atoms with Crippen LogP contribution in [0.25, 0.3) is 0 Å². The van der Waals surface area contributed by atoms with Crippen molar-refractivity contribution in [2.45, 2.75) is 32.1 Å². The Kier molecular flexibility index (Phi) is 3.87. The summed E-state index contributed by atoms with van der Waals surface area (Å²) in [5, 5.41) is 0. The molecule has 0 saturated heterocycles. The summed E-state index contributed by atoms with van der Waals surface area (Å²) in [6.45, 7) is 0. The number of hydrogen-bond acceptors (Lipinski definition) is 0. The van der Waals surface area contributed by atoms with E-state index in [4.69, 9.17) is 0 Å². The Morgan fingerprint density at radius 2 is 1.64 bits per heavy atom. The zero-order valence-electron chi connectivity index (χ0n) is 8.50. The molecule has 1 aromatic rings. The summed E-state index contributed by atoms with van der Waals surface area (Å²) in [6.07, 6.45) is 7.18. The Bertz CT molecular complexity index is 296. The van der Waals surface area contributed by atoms with Crippen LogP contribution < -0.4 is 0 Å². The maximum absolute atomic E-state index is 2.26. The first-order chi connectivity index (χ1) is 6.88. The second-order valence-electron chi connectivity index (χ2n) is 4.11. The molecule has 70 valence electrons. The average molecular weight is 263 g/mol. The molecule has 1 aliphatic rings. The molecule has 1 saturated carbocycles. The fourth-order valence-electron chi connectivity index (χ4n) is 2.24. The van der Waals surface area contributed by atoms with Gasteiger partial charge in [0, 0.05) is 0 Å². The van der Waals surface area contributed by atoms with Gasteiger partial charge in [-0.25, -0.2) is 0 Å². The molecule has 0 bridgehead atoms. The zero-order valence-corrected chi connectivity index (χ0v) is 11.0. The van der Waals surface area contributed by atoms with E-state index < -0.39 is 0 Å². The van der Waals surface area contributed by atoms with Crippen LogP contribution in [0, 0.1) is 5.92 Å². The molecule has 0 N–H and O–H groups in total. The Labute approximate surface area is 101 Å². The molecule has 0 aliphatic heterocycles. The second kappa shape index (κ2) is 5.17. The Morgan fingerprint density at radius 1 is 1.00 bits per heavy atom. The van der Waals surface area contributed by atoms with Crippen molar-refractivity contribution in [3.63, 3.8) is 0 Å². The van der Waals surface area contributed by atoms with Crippen LogP contribution in [0.15, 0.2) is 30.3 Å². The van der Waals surface area contributed by atoms with Gasteiger partial charge in [-0.2, -0.15) is 0 Å². The molecule has 0 spiro atoms. The van der Waals surface area contributed by atoms with E-state index in [2.05, 4.69) is 30.3 Å². The molecule has 0 radical (unpaired) electrons. The Hall–Kier alpha value is -0.0269. The molecule has 0 amide bonds. The van der Waals surface area contributed by atoms with Crippen molar-refractivity contribution in [1.29, 1.82) is 0 Å². The van der Waals surface area contributed by atoms with Crippen molar-refractivity contribution in [2.24, 2.45) is 5.92 Å². The first-order valence-electron chi connectivity index (χ1n) is 5.52. The number of rotatable bonds is 2. The van der Waals surface area contributed by atoms with Gasteiger partial charge < -0.3 is 0 Å². The van der Waals surface area contributed by atoms with E-state index in [0.717, 1.165) is 5.92 Å². The van der Waals surface area contributed by atoms with E-state index in [1.807, 2.05) is 0 Å². The van der Waals surface area contributed by atoms with Crippen LogP contribution in [0.5, 0.6) is 0 Å². The minimum absolute atomic E-state index is 0.893. The number of hydrogen-bond donors (Lipinski definition) is 0. The minimum atomic E-state index is 0.893. The molecular weight excluding hydrogens is 247 g/mol. The third kappa shape index (κ3) is 2.51. The van der Waals surface area contributed by atoms with E-state index in [-0.39, 0.29) is 0 Å². The molecule has 0 nitrogen and oxygen atoms in total. The van der Waals surface area contributed by atoms with Crippen LogP contribution in [0.3, 0.4) is 0 Å². The van der Waals surface area contributed by atoms with Crippen LogP contribution in [0.2, 0.25) is 0 Å². The molecule has 0 aromatic heterocycles. The van der Waals surface area contributed by atoms with Crippen molar-refractivity contribution >= 4 is 3.21 Å². The quantitative estimate of drug-likeness (QED) is 0.768. The molecule has 1 fully saturated rings. The van der Waals surface area contributed by atoms with Gasteiger partial charge in [-0.15, -0.1) is 0 Å². The van der Waals surface area contributed by atoms with Crippen LogP contribution in [-0.4, -0.2) is 3.21 Å². The second-order valence-corrected chi connectivity index (χ2v) is 5.44. The predicted molar refractivity (Wildman–Crippen MR) is 57.1 cm³/mol. The van der Waals surface area contributed by atoms with E-state index >= 15 is 0 Å². The molecule has 0 heterocycles. The van der Waals surface area contributed by atoms with Crippen LogP contribution in [0.4, 0.5) is 0 Å². The standard InChI is InChI=1S/C13H16.Zr/c1-3-7-12(8-4-1)11-13-9-5-2-6-10-13;/h1,3-4,7-8,13H,2,5-6,9-10H2;/q;+2. The topological polar surface area (TPSA) is 0 Å². The SMILES string of the molecule is [Zr+2]=[C](c1ccccc1)C1CCCCC1. The third-order valence-electron chi connectivity index (χ3n) is 3.10. The molecule has 1 aliphatic carbocycles. The summed E-state index contributed by atoms with van der Waals surface area (Å²) in [7, 11) is 0. The summed E-state index contributed by atoms with van der Waals surface area (Å²) >= 11 is 1.61. The molecule has 0 atom stereocenters. The number of benzene rings is 1. The normalized spacial score (nSPS) is 18.1. The van der Waals surface area contributed by atoms with E-state index in [9.17, 15) is 0 Å². The van der Waals surface area contributed by atoms with Crippen molar-refractivity contribution in [3.8, 4) is 0 Å². The molecule has 1 heteroatoms. The molecule has 1 aromatic carbocycles. The Morgan fingerprint density at radius 3 is 2.29 bits per heavy atom. The van der Waals surface area contributed by atoms with Crippen molar-refractivity contribution in [1.82, 2.24) is 0 Å². The van der Waals surface area contributed by atoms with Crippen LogP contribution in [0.1, 0.15) is 37.7 Å². The van der Waals surface area contributed by atoms with Gasteiger partial charge in [0.25, 0.3) is 0 Å². The summed E-state index contributed by atoms with van der Waals surface area (Å²) < 4.78 is 1.69. The maximum atomic E-state index is 2.26. The van der Waals surface area contributed by atoms with Gasteiger partial charge in [-0.05, 0) is 0 Å². The predicted octanol–water partition coefficient (Wildman–Crippen LogP) is 3.33. The monoisotopic (exact) mass is 262 g/mol. The van der Waals surface area contributed by atoms with E-state index in [0.29, 0.717) is 0 Å². The summed E-state index contributed by atoms with van der Waals surface area (Å²) in [5.74, 6) is 0.893. The van der Waals surface area contributed by atoms with Gasteiger partial charge in [-0.3, -0.25) is 0 Å². The Balaban J connectivity index is 2.07. The fraction of sp³-hybridized carbons (Fsp3) is 0.462. The molecular formula is C13H16Zr+2. The van der Waals surface area contributed by atoms with Gasteiger partial charge in [0.1, 0.15) is 0 Å². The van der Waals surface area contributed by atoms with Crippen LogP contribution in [-0.2, 0) is 24.2 Å². The first kappa shape index (κ1) is 10.5. The zero-order chi connectivity index (χ0) is 9.80. The van der Waals surface area contributed by atoms with Gasteiger partial charge in [0.05, 0.1) is 0 Å². The first-order valence-corrected chi connectivity index (χ1v) is 6.74. The molecule has 14 heavy (non-hydrogen) atoms. The summed E-state index contributed by atoms with van der Waals surface area (Å²) in [5.41, 5.74) is 1.48. The molecule has 2 rings (SSSR count). The van der Waals surface area contributed by atoms with Crippen molar-refractivity contribution in [2.75, 3.05) is 0 Å². The van der Waals surface area contributed by atoms with E-state index in [1.54, 1.807) is 27.4 Å². The van der Waals surface area contributed by atoms with Gasteiger partial charge in [0.2, 0.25) is 0 Å². The summed E-state index contributed by atoms with van der Waals surface area (Å²) in [4.78, 5) is 0. The van der Waals surface area contributed by atoms with Gasteiger partial charge in [0.15, 0.2) is 0 Å². The summed E-state index contributed by atoms with van der Waals surface area (Å²) in [6, 6.07) is 10.9. The molecule has 0 unspecified atom stereocenters. The van der Waals surface area contributed by atoms with E-state index in [1.165, 1.54) is 37.7 Å². The fourth-order valence-corrected chi connectivity index (χ4v) is 3.36. The van der Waals surface area contributed by atoms with Crippen molar-refractivity contribution < 1.29 is 24.2 Å². The van der Waals surface area contributed by atoms with Gasteiger partial charge in [-0.1, -0.05) is 0 Å².